The van der Waals surface area contributed by atoms with Gasteiger partial charge < -0.3 is 20.0 Å². The molecule has 6 rings (SSSR count). The Balaban J connectivity index is 0.00000130. The average molecular weight is 496 g/mol. The molecule has 2 N–H and O–H groups in total. The summed E-state index contributed by atoms with van der Waals surface area (Å²) in [6.45, 7) is 12.6. The fraction of sp³-hybridized carbons (Fsp3) is 0.679. The first-order valence-corrected chi connectivity index (χ1v) is 14.0. The summed E-state index contributed by atoms with van der Waals surface area (Å²) in [6, 6.07) is 5.63. The SMILES string of the molecule is CC.O=C1CCC(N2Cc3ccc(N4CC5(CCN(CC6CCNCC6)CC5)C4)cc3C2=O)C(=O)N1. The van der Waals surface area contributed by atoms with Crippen molar-refractivity contribution in [2.75, 3.05) is 50.7 Å². The number of likely N-dealkylation sites (tertiary alicyclic amines) is 1. The van der Waals surface area contributed by atoms with Crippen molar-refractivity contribution in [2.24, 2.45) is 11.3 Å². The average Bonchev–Trinajstić information content (AvgIpc) is 3.20. The van der Waals surface area contributed by atoms with Gasteiger partial charge in [0.05, 0.1) is 0 Å². The molecule has 1 spiro atoms. The number of nitrogens with one attached hydrogen (secondary N) is 2. The molecule has 1 atom stereocenters. The lowest BCUT2D eigenvalue weighted by molar-refractivity contribution is -0.136. The summed E-state index contributed by atoms with van der Waals surface area (Å²) in [4.78, 5) is 43.6. The standard InChI is InChI=1S/C26H35N5O3.C2H6/c32-23-4-3-22(24(33)28-23)31-15-19-1-2-20(13-21(19)25(31)34)30-16-26(17-30)7-11-29(12-8-26)14-18-5-9-27-10-6-18;1-2/h1-2,13,18,22,27H,3-12,14-17H2,(H,28,32,33);1-2H3. The monoisotopic (exact) mass is 495 g/mol. The Morgan fingerprint density at radius 1 is 1.00 bits per heavy atom. The molecule has 5 aliphatic rings. The van der Waals surface area contributed by atoms with Gasteiger partial charge in [0.25, 0.3) is 5.91 Å². The van der Waals surface area contributed by atoms with E-state index in [0.29, 0.717) is 23.9 Å². The van der Waals surface area contributed by atoms with E-state index < -0.39 is 6.04 Å². The number of hydrogen-bond donors (Lipinski definition) is 2. The first-order valence-electron chi connectivity index (χ1n) is 14.0. The van der Waals surface area contributed by atoms with Gasteiger partial charge >= 0.3 is 0 Å². The summed E-state index contributed by atoms with van der Waals surface area (Å²) in [5.41, 5.74) is 3.21. The van der Waals surface area contributed by atoms with Gasteiger partial charge in [-0.3, -0.25) is 19.7 Å². The van der Waals surface area contributed by atoms with Crippen molar-refractivity contribution in [3.05, 3.63) is 29.3 Å². The van der Waals surface area contributed by atoms with Gasteiger partial charge in [0, 0.05) is 49.3 Å². The van der Waals surface area contributed by atoms with Crippen LogP contribution < -0.4 is 15.5 Å². The van der Waals surface area contributed by atoms with Crippen LogP contribution in [0.2, 0.25) is 0 Å². The van der Waals surface area contributed by atoms with Crippen LogP contribution in [0.3, 0.4) is 0 Å². The van der Waals surface area contributed by atoms with E-state index in [2.05, 4.69) is 26.5 Å². The van der Waals surface area contributed by atoms with Gasteiger partial charge in [0.1, 0.15) is 6.04 Å². The molecule has 1 aromatic rings. The van der Waals surface area contributed by atoms with Crippen molar-refractivity contribution in [3.63, 3.8) is 0 Å². The Hall–Kier alpha value is -2.45. The van der Waals surface area contributed by atoms with E-state index in [0.717, 1.165) is 30.3 Å². The summed E-state index contributed by atoms with van der Waals surface area (Å²) >= 11 is 0. The zero-order chi connectivity index (χ0) is 25.3. The van der Waals surface area contributed by atoms with Gasteiger partial charge in [-0.25, -0.2) is 0 Å². The van der Waals surface area contributed by atoms with E-state index in [4.69, 9.17) is 0 Å². The fourth-order valence-electron chi connectivity index (χ4n) is 6.64. The van der Waals surface area contributed by atoms with E-state index in [1.54, 1.807) is 4.90 Å². The minimum Gasteiger partial charge on any atom is -0.370 e. The van der Waals surface area contributed by atoms with Gasteiger partial charge in [-0.15, -0.1) is 0 Å². The molecular weight excluding hydrogens is 454 g/mol. The zero-order valence-electron chi connectivity index (χ0n) is 21.9. The lowest BCUT2D eigenvalue weighted by Gasteiger charge is -2.55. The number of piperidine rings is 3. The number of carbonyl (C=O) groups excluding carboxylic acids is 3. The van der Waals surface area contributed by atoms with E-state index in [-0.39, 0.29) is 24.1 Å². The Kier molecular flexibility index (Phi) is 7.35. The third-order valence-corrected chi connectivity index (χ3v) is 8.82. The van der Waals surface area contributed by atoms with Crippen molar-refractivity contribution in [2.45, 2.75) is 65.0 Å². The molecule has 8 heteroatoms. The van der Waals surface area contributed by atoms with Crippen LogP contribution in [0.25, 0.3) is 0 Å². The predicted molar refractivity (Wildman–Crippen MR) is 140 cm³/mol. The number of amides is 3. The van der Waals surface area contributed by atoms with Crippen LogP contribution in [0.15, 0.2) is 18.2 Å². The van der Waals surface area contributed by atoms with Crippen LogP contribution >= 0.6 is 0 Å². The van der Waals surface area contributed by atoms with Crippen LogP contribution in [0.5, 0.6) is 0 Å². The smallest absolute Gasteiger partial charge is 0.255 e. The lowest BCUT2D eigenvalue weighted by Crippen LogP contribution is -2.60. The number of fused-ring (bicyclic) bond motifs is 1. The molecule has 1 aromatic carbocycles. The first-order chi connectivity index (χ1) is 17.5. The van der Waals surface area contributed by atoms with Crippen LogP contribution in [0.4, 0.5) is 5.69 Å². The van der Waals surface area contributed by atoms with Gasteiger partial charge in [0.2, 0.25) is 11.8 Å². The maximum Gasteiger partial charge on any atom is 0.255 e. The number of anilines is 1. The molecule has 4 fully saturated rings. The molecule has 0 aliphatic carbocycles. The Morgan fingerprint density at radius 2 is 1.72 bits per heavy atom. The van der Waals surface area contributed by atoms with Crippen molar-refractivity contribution in [3.8, 4) is 0 Å². The minimum absolute atomic E-state index is 0.0900. The molecule has 0 aromatic heterocycles. The predicted octanol–water partition coefficient (Wildman–Crippen LogP) is 2.38. The molecule has 8 nitrogen and oxygen atoms in total. The molecule has 1 unspecified atom stereocenters. The van der Waals surface area contributed by atoms with Crippen LogP contribution in [0, 0.1) is 11.3 Å². The molecule has 0 saturated carbocycles. The highest BCUT2D eigenvalue weighted by atomic mass is 16.2. The lowest BCUT2D eigenvalue weighted by atomic mass is 9.71. The van der Waals surface area contributed by atoms with Crippen LogP contribution in [-0.2, 0) is 16.1 Å². The summed E-state index contributed by atoms with van der Waals surface area (Å²) in [5.74, 6) is 0.162. The highest BCUT2D eigenvalue weighted by Gasteiger charge is 2.46. The van der Waals surface area contributed by atoms with Gasteiger partial charge in [-0.05, 0) is 81.9 Å². The Bertz CT molecular complexity index is 989. The Morgan fingerprint density at radius 3 is 2.42 bits per heavy atom. The maximum absolute atomic E-state index is 13.1. The quantitative estimate of drug-likeness (QED) is 0.624. The summed E-state index contributed by atoms with van der Waals surface area (Å²) < 4.78 is 0. The first kappa shape index (κ1) is 25.2. The highest BCUT2D eigenvalue weighted by Crippen LogP contribution is 2.43. The summed E-state index contributed by atoms with van der Waals surface area (Å²) in [5, 5.41) is 5.84. The molecular formula is C28H41N5O3. The number of benzene rings is 1. The fourth-order valence-corrected chi connectivity index (χ4v) is 6.64. The second-order valence-electron chi connectivity index (χ2n) is 11.1. The van der Waals surface area contributed by atoms with Crippen LogP contribution in [0.1, 0.15) is 68.3 Å². The number of nitrogens with zero attached hydrogens (tertiary/aromatic N) is 3. The number of hydrogen-bond acceptors (Lipinski definition) is 6. The topological polar surface area (TPSA) is 85.0 Å². The van der Waals surface area contributed by atoms with E-state index in [1.165, 1.54) is 58.4 Å². The summed E-state index contributed by atoms with van der Waals surface area (Å²) in [7, 11) is 0. The third-order valence-electron chi connectivity index (χ3n) is 8.82. The molecule has 196 valence electrons. The molecule has 0 bridgehead atoms. The maximum atomic E-state index is 13.1. The highest BCUT2D eigenvalue weighted by molar-refractivity contribution is 6.05. The second-order valence-corrected chi connectivity index (χ2v) is 11.1. The third kappa shape index (κ3) is 4.90. The number of rotatable bonds is 4. The van der Waals surface area contributed by atoms with Crippen molar-refractivity contribution in [1.29, 1.82) is 0 Å². The minimum atomic E-state index is -0.552. The molecule has 3 amide bonds. The normalized spacial score (nSPS) is 26.3. The van der Waals surface area contributed by atoms with Crippen molar-refractivity contribution >= 4 is 23.4 Å². The molecule has 4 saturated heterocycles. The summed E-state index contributed by atoms with van der Waals surface area (Å²) in [6.07, 6.45) is 5.84. The second kappa shape index (κ2) is 10.5. The number of carbonyl (C=O) groups is 3. The van der Waals surface area contributed by atoms with Gasteiger partial charge in [-0.1, -0.05) is 19.9 Å². The number of imide groups is 1. The van der Waals surface area contributed by atoms with Crippen molar-refractivity contribution < 1.29 is 14.4 Å². The van der Waals surface area contributed by atoms with Crippen LogP contribution in [-0.4, -0.2) is 79.4 Å². The molecule has 5 aliphatic heterocycles. The zero-order valence-corrected chi connectivity index (χ0v) is 21.9. The molecule has 0 radical (unpaired) electrons. The van der Waals surface area contributed by atoms with Crippen molar-refractivity contribution in [1.82, 2.24) is 20.4 Å². The van der Waals surface area contributed by atoms with E-state index in [9.17, 15) is 14.4 Å². The Labute approximate surface area is 214 Å². The van der Waals surface area contributed by atoms with E-state index in [1.807, 2.05) is 26.0 Å². The van der Waals surface area contributed by atoms with Gasteiger partial charge in [0.15, 0.2) is 0 Å². The van der Waals surface area contributed by atoms with Gasteiger partial charge in [-0.2, -0.15) is 0 Å². The molecule has 5 heterocycles. The molecule has 36 heavy (non-hydrogen) atoms. The van der Waals surface area contributed by atoms with E-state index >= 15 is 0 Å². The largest absolute Gasteiger partial charge is 0.370 e.